The molecule has 0 fully saturated rings. The Hall–Kier alpha value is -0.650. The molecule has 0 atom stereocenters. The number of pyridine rings is 1. The average molecular weight is 222 g/mol. The van der Waals surface area contributed by atoms with Crippen LogP contribution in [0.1, 0.15) is 5.56 Å². The highest BCUT2D eigenvalue weighted by Gasteiger charge is 2.10. The molecule has 1 rings (SSSR count). The predicted molar refractivity (Wildman–Crippen MR) is 48.9 cm³/mol. The molecule has 4 nitrogen and oxygen atoms in total. The fourth-order valence-electron chi connectivity index (χ4n) is 0.798. The first-order valence-electron chi connectivity index (χ1n) is 3.41. The summed E-state index contributed by atoms with van der Waals surface area (Å²) in [5.74, 6) is -0.211. The summed E-state index contributed by atoms with van der Waals surface area (Å²) in [6.07, 6.45) is 2.87. The third-order valence-electron chi connectivity index (χ3n) is 1.36. The van der Waals surface area contributed by atoms with Crippen molar-refractivity contribution < 1.29 is 12.6 Å². The fourth-order valence-corrected chi connectivity index (χ4v) is 1.68. The van der Waals surface area contributed by atoms with Crippen LogP contribution in [0.15, 0.2) is 18.5 Å². The van der Waals surface area contributed by atoms with Crippen LogP contribution in [0.2, 0.25) is 5.02 Å². The molecule has 0 radical (unpaired) electrons. The first kappa shape index (κ1) is 10.4. The molecule has 0 amide bonds. The first-order chi connectivity index (χ1) is 6.03. The number of aromatic nitrogens is 1. The van der Waals surface area contributed by atoms with Gasteiger partial charge in [-0.25, -0.2) is 0 Å². The molecule has 6 heteroatoms. The Bertz CT molecular complexity index is 390. The van der Waals surface area contributed by atoms with Crippen LogP contribution in [0.5, 0.6) is 0 Å². The lowest BCUT2D eigenvalue weighted by molar-refractivity contribution is 0.397. The largest absolute Gasteiger partial charge is 0.273 e. The van der Waals surface area contributed by atoms with Gasteiger partial charge in [-0.2, -0.15) is 8.42 Å². The van der Waals surface area contributed by atoms with Crippen LogP contribution in [0, 0.1) is 0 Å². The Balaban J connectivity index is 2.87. The van der Waals surface area contributed by atoms with Gasteiger partial charge in [0.05, 0.1) is 12.1 Å². The third-order valence-corrected chi connectivity index (χ3v) is 2.76. The van der Waals surface area contributed by atoms with Gasteiger partial charge >= 0.3 is 0 Å². The second kappa shape index (κ2) is 4.04. The first-order valence-corrected chi connectivity index (χ1v) is 5.37. The fraction of sp³-hybridized carbons (Fsp3) is 0.286. The van der Waals surface area contributed by atoms with E-state index in [0.717, 1.165) is 7.11 Å². The SMILES string of the molecule is COS(=O)(=O)Cc1cncc(Cl)c1. The molecule has 1 heterocycles. The van der Waals surface area contributed by atoms with Crippen molar-refractivity contribution in [3.05, 3.63) is 29.0 Å². The highest BCUT2D eigenvalue weighted by atomic mass is 35.5. The highest BCUT2D eigenvalue weighted by Crippen LogP contribution is 2.11. The minimum atomic E-state index is -3.49. The minimum Gasteiger partial charge on any atom is -0.273 e. The van der Waals surface area contributed by atoms with E-state index in [-0.39, 0.29) is 5.75 Å². The van der Waals surface area contributed by atoms with Crippen molar-refractivity contribution in [1.82, 2.24) is 4.98 Å². The van der Waals surface area contributed by atoms with E-state index in [9.17, 15) is 8.42 Å². The number of hydrogen-bond acceptors (Lipinski definition) is 4. The van der Waals surface area contributed by atoms with Crippen LogP contribution < -0.4 is 0 Å². The van der Waals surface area contributed by atoms with Gasteiger partial charge in [-0.05, 0) is 11.6 Å². The molecule has 0 aliphatic carbocycles. The van der Waals surface area contributed by atoms with Crippen LogP contribution in [0.3, 0.4) is 0 Å². The molecule has 0 aliphatic heterocycles. The van der Waals surface area contributed by atoms with Gasteiger partial charge in [-0.1, -0.05) is 11.6 Å². The maximum Gasteiger partial charge on any atom is 0.271 e. The molecular weight excluding hydrogens is 214 g/mol. The second-order valence-corrected chi connectivity index (χ2v) is 4.55. The van der Waals surface area contributed by atoms with Crippen molar-refractivity contribution in [1.29, 1.82) is 0 Å². The molecule has 0 N–H and O–H groups in total. The van der Waals surface area contributed by atoms with Crippen LogP contribution >= 0.6 is 11.6 Å². The van der Waals surface area contributed by atoms with E-state index in [0.29, 0.717) is 10.6 Å². The van der Waals surface area contributed by atoms with Crippen molar-refractivity contribution >= 4 is 21.7 Å². The van der Waals surface area contributed by atoms with Crippen LogP contribution in [-0.2, 0) is 20.1 Å². The molecule has 13 heavy (non-hydrogen) atoms. The number of hydrogen-bond donors (Lipinski definition) is 0. The van der Waals surface area contributed by atoms with Gasteiger partial charge in [-0.3, -0.25) is 9.17 Å². The molecule has 0 saturated heterocycles. The van der Waals surface area contributed by atoms with Gasteiger partial charge < -0.3 is 0 Å². The van der Waals surface area contributed by atoms with Crippen LogP contribution in [-0.4, -0.2) is 20.5 Å². The van der Waals surface area contributed by atoms with Gasteiger partial charge in [0.1, 0.15) is 5.75 Å². The highest BCUT2D eigenvalue weighted by molar-refractivity contribution is 7.85. The smallest absolute Gasteiger partial charge is 0.271 e. The molecule has 72 valence electrons. The lowest BCUT2D eigenvalue weighted by atomic mass is 10.3. The van der Waals surface area contributed by atoms with Gasteiger partial charge in [0.2, 0.25) is 0 Å². The molecule has 1 aromatic rings. The van der Waals surface area contributed by atoms with E-state index in [2.05, 4.69) is 9.17 Å². The summed E-state index contributed by atoms with van der Waals surface area (Å²) in [7, 11) is -2.37. The van der Waals surface area contributed by atoms with E-state index >= 15 is 0 Å². The molecule has 0 bridgehead atoms. The topological polar surface area (TPSA) is 56.3 Å². The lowest BCUT2D eigenvalue weighted by Gasteiger charge is -2.00. The van der Waals surface area contributed by atoms with Gasteiger partial charge in [0.15, 0.2) is 0 Å². The molecule has 0 saturated carbocycles. The van der Waals surface area contributed by atoms with E-state index in [1.165, 1.54) is 18.5 Å². The molecular formula is C7H8ClNO3S. The average Bonchev–Trinajstić information content (AvgIpc) is 2.03. The van der Waals surface area contributed by atoms with E-state index in [1.807, 2.05) is 0 Å². The van der Waals surface area contributed by atoms with E-state index < -0.39 is 10.1 Å². The monoisotopic (exact) mass is 221 g/mol. The number of nitrogens with zero attached hydrogens (tertiary/aromatic N) is 1. The van der Waals surface area contributed by atoms with Crippen molar-refractivity contribution in [2.24, 2.45) is 0 Å². The zero-order chi connectivity index (χ0) is 9.90. The normalized spacial score (nSPS) is 11.5. The Morgan fingerprint density at radius 3 is 2.77 bits per heavy atom. The van der Waals surface area contributed by atoms with E-state index in [4.69, 9.17) is 11.6 Å². The summed E-state index contributed by atoms with van der Waals surface area (Å²) in [6.45, 7) is 0. The minimum absolute atomic E-state index is 0.211. The van der Waals surface area contributed by atoms with Gasteiger partial charge in [0.25, 0.3) is 10.1 Å². The Kier molecular flexibility index (Phi) is 3.24. The summed E-state index contributed by atoms with van der Waals surface area (Å²) >= 11 is 5.62. The zero-order valence-electron chi connectivity index (χ0n) is 6.90. The lowest BCUT2D eigenvalue weighted by Crippen LogP contribution is -2.05. The van der Waals surface area contributed by atoms with Crippen molar-refractivity contribution in [3.8, 4) is 0 Å². The maximum absolute atomic E-state index is 11.0. The number of halogens is 1. The third kappa shape index (κ3) is 3.30. The maximum atomic E-state index is 11.0. The standard InChI is InChI=1S/C7H8ClNO3S/c1-12-13(10,11)5-6-2-7(8)4-9-3-6/h2-4H,5H2,1H3. The Morgan fingerprint density at radius 1 is 1.54 bits per heavy atom. The second-order valence-electron chi connectivity index (χ2n) is 2.38. The summed E-state index contributed by atoms with van der Waals surface area (Å²) < 4.78 is 26.3. The van der Waals surface area contributed by atoms with Gasteiger partial charge in [-0.15, -0.1) is 0 Å². The van der Waals surface area contributed by atoms with Crippen molar-refractivity contribution in [2.45, 2.75) is 5.75 Å². The summed E-state index contributed by atoms with van der Waals surface area (Å²) in [4.78, 5) is 3.75. The Morgan fingerprint density at radius 2 is 2.23 bits per heavy atom. The quantitative estimate of drug-likeness (QED) is 0.720. The summed E-state index contributed by atoms with van der Waals surface area (Å²) in [5, 5.41) is 0.406. The van der Waals surface area contributed by atoms with Gasteiger partial charge in [0, 0.05) is 12.4 Å². The predicted octanol–water partition coefficient (Wildman–Crippen LogP) is 1.21. The van der Waals surface area contributed by atoms with Crippen molar-refractivity contribution in [3.63, 3.8) is 0 Å². The summed E-state index contributed by atoms with van der Waals surface area (Å²) in [6, 6.07) is 1.53. The Labute approximate surface area is 81.6 Å². The van der Waals surface area contributed by atoms with Crippen molar-refractivity contribution in [2.75, 3.05) is 7.11 Å². The molecule has 0 aliphatic rings. The van der Waals surface area contributed by atoms with Crippen LogP contribution in [0.4, 0.5) is 0 Å². The molecule has 0 spiro atoms. The number of rotatable bonds is 3. The zero-order valence-corrected chi connectivity index (χ0v) is 8.47. The molecule has 1 aromatic heterocycles. The molecule has 0 unspecified atom stereocenters. The van der Waals surface area contributed by atoms with E-state index in [1.54, 1.807) is 0 Å². The molecule has 0 aromatic carbocycles. The van der Waals surface area contributed by atoms with Crippen LogP contribution in [0.25, 0.3) is 0 Å². The summed E-state index contributed by atoms with van der Waals surface area (Å²) in [5.41, 5.74) is 0.509.